The van der Waals surface area contributed by atoms with Crippen LogP contribution in [0.25, 0.3) is 0 Å². The molecule has 1 aromatic rings. The third-order valence-electron chi connectivity index (χ3n) is 1.81. The van der Waals surface area contributed by atoms with E-state index < -0.39 is 0 Å². The average molecular weight is 360 g/mol. The monoisotopic (exact) mass is 360 g/mol. The van der Waals surface area contributed by atoms with Crippen LogP contribution in [0.5, 0.6) is 0 Å². The van der Waals surface area contributed by atoms with Crippen LogP contribution in [0.3, 0.4) is 0 Å². The first-order valence-corrected chi connectivity index (χ1v) is 6.53. The van der Waals surface area contributed by atoms with E-state index in [-0.39, 0.29) is 17.5 Å². The number of rotatable bonds is 1. The van der Waals surface area contributed by atoms with Crippen LogP contribution in [0.2, 0.25) is 0 Å². The summed E-state index contributed by atoms with van der Waals surface area (Å²) in [5.41, 5.74) is 6.03. The summed E-state index contributed by atoms with van der Waals surface area (Å²) in [6, 6.07) is 7.13. The number of nitrogens with two attached hydrogens (primary N) is 1. The number of carbonyl (C=O) groups excluding carboxylic acids is 1. The molecule has 0 aliphatic carbocycles. The molecule has 1 aromatic carbocycles. The third kappa shape index (κ3) is 5.85. The number of hydrogen-bond acceptors (Lipinski definition) is 2. The van der Waals surface area contributed by atoms with Crippen LogP contribution in [-0.2, 0) is 0 Å². The molecule has 0 radical (unpaired) electrons. The van der Waals surface area contributed by atoms with E-state index in [2.05, 4.69) is 38.2 Å². The lowest BCUT2D eigenvalue weighted by Gasteiger charge is -2.20. The van der Waals surface area contributed by atoms with Gasteiger partial charge < -0.3 is 11.1 Å². The van der Waals surface area contributed by atoms with Crippen LogP contribution in [0, 0.1) is 3.57 Å². The minimum Gasteiger partial charge on any atom is -0.369 e. The summed E-state index contributed by atoms with van der Waals surface area (Å²) in [5, 5.41) is 5.21. The van der Waals surface area contributed by atoms with Crippen molar-refractivity contribution in [1.82, 2.24) is 10.6 Å². The lowest BCUT2D eigenvalue weighted by molar-refractivity contribution is 0.236. The number of urea groups is 1. The van der Waals surface area contributed by atoms with Crippen molar-refractivity contribution in [3.8, 4) is 0 Å². The van der Waals surface area contributed by atoms with Crippen LogP contribution in [0.4, 0.5) is 10.5 Å². The zero-order valence-electron chi connectivity index (χ0n) is 10.6. The minimum atomic E-state index is -0.366. The van der Waals surface area contributed by atoms with Gasteiger partial charge in [0.05, 0.1) is 5.69 Å². The Labute approximate surface area is 120 Å². The van der Waals surface area contributed by atoms with Gasteiger partial charge in [-0.15, -0.1) is 0 Å². The molecule has 0 saturated carbocycles. The van der Waals surface area contributed by atoms with Crippen LogP contribution >= 0.6 is 22.6 Å². The first kappa shape index (κ1) is 14.7. The van der Waals surface area contributed by atoms with E-state index >= 15 is 0 Å². The highest BCUT2D eigenvalue weighted by atomic mass is 127. The van der Waals surface area contributed by atoms with Crippen molar-refractivity contribution < 1.29 is 4.79 Å². The van der Waals surface area contributed by atoms with Gasteiger partial charge in [-0.2, -0.15) is 0 Å². The highest BCUT2D eigenvalue weighted by Crippen LogP contribution is 2.13. The molecular weight excluding hydrogens is 343 g/mol. The Kier molecular flexibility index (Phi) is 4.94. The molecule has 1 rings (SSSR count). The molecule has 0 bridgehead atoms. The quantitative estimate of drug-likeness (QED) is 0.408. The number of nitrogens with zero attached hydrogens (tertiary/aromatic N) is 1. The summed E-state index contributed by atoms with van der Waals surface area (Å²) < 4.78 is 1.11. The molecule has 0 spiro atoms. The molecule has 0 atom stereocenters. The SMILES string of the molecule is CC(C)(C)NC(=O)NC(N)=Nc1ccc(I)cc1. The largest absolute Gasteiger partial charge is 0.369 e. The summed E-state index contributed by atoms with van der Waals surface area (Å²) in [4.78, 5) is 15.6. The molecule has 4 N–H and O–H groups in total. The summed E-state index contributed by atoms with van der Waals surface area (Å²) in [6.45, 7) is 5.66. The van der Waals surface area contributed by atoms with Gasteiger partial charge in [0, 0.05) is 9.11 Å². The number of benzene rings is 1. The molecule has 0 fully saturated rings. The van der Waals surface area contributed by atoms with E-state index in [1.54, 1.807) is 0 Å². The molecule has 98 valence electrons. The van der Waals surface area contributed by atoms with Gasteiger partial charge in [-0.1, -0.05) is 0 Å². The number of halogens is 1. The molecular formula is C12H17IN4O. The highest BCUT2D eigenvalue weighted by molar-refractivity contribution is 14.1. The lowest BCUT2D eigenvalue weighted by atomic mass is 10.1. The van der Waals surface area contributed by atoms with Gasteiger partial charge in [0.25, 0.3) is 0 Å². The van der Waals surface area contributed by atoms with Crippen molar-refractivity contribution in [3.63, 3.8) is 0 Å². The van der Waals surface area contributed by atoms with Gasteiger partial charge in [0.2, 0.25) is 5.96 Å². The Morgan fingerprint density at radius 1 is 1.28 bits per heavy atom. The van der Waals surface area contributed by atoms with E-state index in [0.29, 0.717) is 5.69 Å². The van der Waals surface area contributed by atoms with Crippen molar-refractivity contribution in [2.24, 2.45) is 10.7 Å². The smallest absolute Gasteiger partial charge is 0.321 e. The van der Waals surface area contributed by atoms with Gasteiger partial charge in [-0.25, -0.2) is 9.79 Å². The predicted molar refractivity (Wildman–Crippen MR) is 81.9 cm³/mol. The van der Waals surface area contributed by atoms with E-state index in [0.717, 1.165) is 3.57 Å². The zero-order valence-corrected chi connectivity index (χ0v) is 12.8. The van der Waals surface area contributed by atoms with Crippen LogP contribution in [0.15, 0.2) is 29.3 Å². The molecule has 0 aliphatic rings. The van der Waals surface area contributed by atoms with Gasteiger partial charge in [0.1, 0.15) is 0 Å². The van der Waals surface area contributed by atoms with Gasteiger partial charge >= 0.3 is 6.03 Å². The first-order valence-electron chi connectivity index (χ1n) is 5.45. The number of nitrogens with one attached hydrogen (secondary N) is 2. The van der Waals surface area contributed by atoms with E-state index in [4.69, 9.17) is 5.73 Å². The lowest BCUT2D eigenvalue weighted by Crippen LogP contribution is -2.50. The molecule has 2 amide bonds. The Bertz CT molecular complexity index is 448. The van der Waals surface area contributed by atoms with Crippen molar-refractivity contribution in [2.45, 2.75) is 26.3 Å². The zero-order chi connectivity index (χ0) is 13.8. The number of carbonyl (C=O) groups is 1. The molecule has 18 heavy (non-hydrogen) atoms. The maximum Gasteiger partial charge on any atom is 0.321 e. The molecule has 5 nitrogen and oxygen atoms in total. The molecule has 0 saturated heterocycles. The second kappa shape index (κ2) is 6.03. The maximum absolute atomic E-state index is 11.5. The fourth-order valence-electron chi connectivity index (χ4n) is 1.17. The minimum absolute atomic E-state index is 0.0676. The fraction of sp³-hybridized carbons (Fsp3) is 0.333. The Morgan fingerprint density at radius 3 is 2.33 bits per heavy atom. The first-order chi connectivity index (χ1) is 8.26. The van der Waals surface area contributed by atoms with Crippen LogP contribution < -0.4 is 16.4 Å². The van der Waals surface area contributed by atoms with Crippen molar-refractivity contribution in [2.75, 3.05) is 0 Å². The Morgan fingerprint density at radius 2 is 1.83 bits per heavy atom. The number of aliphatic imine (C=N–C) groups is 1. The summed E-state index contributed by atoms with van der Waals surface area (Å²) in [6.07, 6.45) is 0. The summed E-state index contributed by atoms with van der Waals surface area (Å²) in [7, 11) is 0. The van der Waals surface area contributed by atoms with E-state index in [1.165, 1.54) is 0 Å². The van der Waals surface area contributed by atoms with Crippen molar-refractivity contribution in [1.29, 1.82) is 0 Å². The van der Waals surface area contributed by atoms with Crippen LogP contribution in [0.1, 0.15) is 20.8 Å². The molecule has 0 aliphatic heterocycles. The van der Waals surface area contributed by atoms with E-state index in [1.807, 2.05) is 45.0 Å². The average Bonchev–Trinajstić information content (AvgIpc) is 2.18. The number of amides is 2. The van der Waals surface area contributed by atoms with Gasteiger partial charge in [0.15, 0.2) is 0 Å². The normalized spacial score (nSPS) is 12.1. The highest BCUT2D eigenvalue weighted by Gasteiger charge is 2.13. The van der Waals surface area contributed by atoms with Crippen LogP contribution in [-0.4, -0.2) is 17.5 Å². The molecule has 0 unspecified atom stereocenters. The predicted octanol–water partition coefficient (Wildman–Crippen LogP) is 2.34. The summed E-state index contributed by atoms with van der Waals surface area (Å²) in [5.74, 6) is 0.0676. The fourth-order valence-corrected chi connectivity index (χ4v) is 1.53. The molecule has 0 heterocycles. The summed E-state index contributed by atoms with van der Waals surface area (Å²) >= 11 is 2.21. The third-order valence-corrected chi connectivity index (χ3v) is 2.53. The number of hydrogen-bond donors (Lipinski definition) is 3. The second-order valence-corrected chi connectivity index (χ2v) is 6.05. The van der Waals surface area contributed by atoms with Crippen molar-refractivity contribution in [3.05, 3.63) is 27.8 Å². The van der Waals surface area contributed by atoms with E-state index in [9.17, 15) is 4.79 Å². The van der Waals surface area contributed by atoms with Gasteiger partial charge in [-0.3, -0.25) is 5.32 Å². The topological polar surface area (TPSA) is 79.5 Å². The molecule has 0 aromatic heterocycles. The standard InChI is InChI=1S/C12H17IN4O/c1-12(2,3)17-11(18)16-10(14)15-9-6-4-8(13)5-7-9/h4-7H,1-3H3,(H4,14,15,16,17,18). The number of guanidine groups is 1. The molecule has 6 heteroatoms. The second-order valence-electron chi connectivity index (χ2n) is 4.80. The maximum atomic E-state index is 11.5. The Hall–Kier alpha value is -1.31. The van der Waals surface area contributed by atoms with Gasteiger partial charge in [-0.05, 0) is 67.6 Å². The Balaban J connectivity index is 2.62. The van der Waals surface area contributed by atoms with Crippen molar-refractivity contribution >= 4 is 40.3 Å².